The van der Waals surface area contributed by atoms with Crippen LogP contribution in [0.15, 0.2) is 0 Å². The molecule has 4 fully saturated rings. The maximum Gasteiger partial charge on any atom is 0.282 e. The third kappa shape index (κ3) is 4.63. The number of hydrogen-bond acceptors (Lipinski definition) is 5. The third-order valence-electron chi connectivity index (χ3n) is 7.14. The van der Waals surface area contributed by atoms with Crippen molar-refractivity contribution in [1.82, 2.24) is 13.9 Å². The van der Waals surface area contributed by atoms with Crippen molar-refractivity contribution >= 4 is 16.1 Å². The third-order valence-corrected chi connectivity index (χ3v) is 9.15. The largest absolute Gasteiger partial charge is 0.353 e. The second-order valence-corrected chi connectivity index (χ2v) is 11.0. The summed E-state index contributed by atoms with van der Waals surface area (Å²) in [6.45, 7) is 4.92. The van der Waals surface area contributed by atoms with Gasteiger partial charge in [-0.15, -0.1) is 0 Å². The molecule has 0 radical (unpaired) electrons. The Morgan fingerprint density at radius 2 is 1.66 bits per heavy atom. The average Bonchev–Trinajstić information content (AvgIpc) is 3.18. The van der Waals surface area contributed by atoms with Gasteiger partial charge in [-0.3, -0.25) is 4.79 Å². The summed E-state index contributed by atoms with van der Waals surface area (Å²) in [5, 5.41) is 3.22. The molecule has 0 bridgehead atoms. The molecule has 4 rings (SSSR count). The highest BCUT2D eigenvalue weighted by atomic mass is 32.2. The number of carbonyl (C=O) groups excluding carboxylic acids is 1. The number of nitrogens with zero attached hydrogens (tertiary/aromatic N) is 2. The lowest BCUT2D eigenvalue weighted by Gasteiger charge is -2.40. The number of ether oxygens (including phenoxy) is 2. The Morgan fingerprint density at radius 1 is 0.966 bits per heavy atom. The van der Waals surface area contributed by atoms with Gasteiger partial charge in [0.15, 0.2) is 5.79 Å². The molecule has 3 aliphatic heterocycles. The van der Waals surface area contributed by atoms with Gasteiger partial charge in [0.25, 0.3) is 10.2 Å². The minimum atomic E-state index is -3.57. The molecule has 1 spiro atoms. The molecular formula is C20H35N3O5S. The average molecular weight is 430 g/mol. The van der Waals surface area contributed by atoms with Crippen LogP contribution in [0, 0.1) is 11.8 Å². The summed E-state index contributed by atoms with van der Waals surface area (Å²) >= 11 is 0. The van der Waals surface area contributed by atoms with Crippen LogP contribution in [0.1, 0.15) is 58.3 Å². The van der Waals surface area contributed by atoms with Crippen LogP contribution >= 0.6 is 0 Å². The van der Waals surface area contributed by atoms with Gasteiger partial charge in [0, 0.05) is 45.1 Å². The van der Waals surface area contributed by atoms with Crippen molar-refractivity contribution in [1.29, 1.82) is 0 Å². The second kappa shape index (κ2) is 8.78. The van der Waals surface area contributed by atoms with Crippen molar-refractivity contribution in [2.45, 2.75) is 70.1 Å². The Bertz CT molecular complexity index is 684. The van der Waals surface area contributed by atoms with Crippen LogP contribution in [0.3, 0.4) is 0 Å². The lowest BCUT2D eigenvalue weighted by atomic mass is 9.85. The molecule has 0 aromatic heterocycles. The molecule has 3 saturated heterocycles. The zero-order chi connectivity index (χ0) is 20.5. The number of carbonyl (C=O) groups is 1. The van der Waals surface area contributed by atoms with Crippen LogP contribution in [0.2, 0.25) is 0 Å². The van der Waals surface area contributed by atoms with Gasteiger partial charge < -0.3 is 14.8 Å². The summed E-state index contributed by atoms with van der Waals surface area (Å²) in [5.74, 6) is -0.330. The molecule has 1 amide bonds. The van der Waals surface area contributed by atoms with Crippen molar-refractivity contribution < 1.29 is 22.7 Å². The number of amides is 1. The van der Waals surface area contributed by atoms with E-state index in [0.29, 0.717) is 51.6 Å². The fraction of sp³-hybridized carbons (Fsp3) is 0.950. The predicted octanol–water partition coefficient (Wildman–Crippen LogP) is 1.48. The molecule has 29 heavy (non-hydrogen) atoms. The lowest BCUT2D eigenvalue weighted by molar-refractivity contribution is -0.179. The molecule has 0 unspecified atom stereocenters. The van der Waals surface area contributed by atoms with Crippen LogP contribution < -0.4 is 5.32 Å². The summed E-state index contributed by atoms with van der Waals surface area (Å²) in [7, 11) is -3.57. The fourth-order valence-corrected chi connectivity index (χ4v) is 6.90. The van der Waals surface area contributed by atoms with E-state index in [-0.39, 0.29) is 24.4 Å². The summed E-state index contributed by atoms with van der Waals surface area (Å²) in [5.41, 5.74) is 0. The minimum Gasteiger partial charge on any atom is -0.353 e. The summed E-state index contributed by atoms with van der Waals surface area (Å²) < 4.78 is 40.8. The number of nitrogens with one attached hydrogen (secondary N) is 1. The molecule has 166 valence electrons. The summed E-state index contributed by atoms with van der Waals surface area (Å²) in [6.07, 6.45) is 7.17. The fourth-order valence-electron chi connectivity index (χ4n) is 5.20. The van der Waals surface area contributed by atoms with Crippen LogP contribution in [0.4, 0.5) is 0 Å². The number of piperidine rings is 2. The SMILES string of the molecule is C[C@@H]1CCCC[C@@H]1NC(=O)[C@@H]1CCCN(S(=O)(=O)N2CCC3(CC2)OCCO3)C1. The van der Waals surface area contributed by atoms with Crippen molar-refractivity contribution in [3.05, 3.63) is 0 Å². The van der Waals surface area contributed by atoms with E-state index in [9.17, 15) is 13.2 Å². The highest BCUT2D eigenvalue weighted by molar-refractivity contribution is 7.86. The van der Waals surface area contributed by atoms with Gasteiger partial charge in [-0.05, 0) is 31.6 Å². The number of hydrogen-bond donors (Lipinski definition) is 1. The Hall–Kier alpha value is -0.740. The van der Waals surface area contributed by atoms with E-state index in [1.165, 1.54) is 15.0 Å². The highest BCUT2D eigenvalue weighted by Gasteiger charge is 2.44. The Labute approximate surface area is 174 Å². The molecule has 9 heteroatoms. The Balaban J connectivity index is 1.34. The van der Waals surface area contributed by atoms with Gasteiger partial charge >= 0.3 is 0 Å². The van der Waals surface area contributed by atoms with Gasteiger partial charge in [-0.25, -0.2) is 0 Å². The van der Waals surface area contributed by atoms with Crippen molar-refractivity contribution in [3.63, 3.8) is 0 Å². The molecule has 0 aromatic carbocycles. The topological polar surface area (TPSA) is 88.2 Å². The van der Waals surface area contributed by atoms with Gasteiger partial charge in [-0.1, -0.05) is 19.8 Å². The molecule has 1 N–H and O–H groups in total. The van der Waals surface area contributed by atoms with E-state index in [1.54, 1.807) is 0 Å². The summed E-state index contributed by atoms with van der Waals surface area (Å²) in [6, 6.07) is 0.230. The second-order valence-electron chi connectivity index (χ2n) is 9.09. The molecule has 0 aromatic rings. The van der Waals surface area contributed by atoms with Crippen LogP contribution in [-0.4, -0.2) is 74.2 Å². The monoisotopic (exact) mass is 429 g/mol. The first-order valence-corrected chi connectivity index (χ1v) is 12.6. The van der Waals surface area contributed by atoms with Gasteiger partial charge in [-0.2, -0.15) is 17.0 Å². The van der Waals surface area contributed by atoms with E-state index in [0.717, 1.165) is 32.1 Å². The molecule has 3 heterocycles. The lowest BCUT2D eigenvalue weighted by Crippen LogP contribution is -2.55. The first-order chi connectivity index (χ1) is 13.9. The Kier molecular flexibility index (Phi) is 6.51. The first kappa shape index (κ1) is 21.5. The molecular weight excluding hydrogens is 394 g/mol. The van der Waals surface area contributed by atoms with Crippen LogP contribution in [0.5, 0.6) is 0 Å². The van der Waals surface area contributed by atoms with E-state index in [4.69, 9.17) is 9.47 Å². The van der Waals surface area contributed by atoms with Gasteiger partial charge in [0.05, 0.1) is 19.1 Å². The van der Waals surface area contributed by atoms with Crippen LogP contribution in [0.25, 0.3) is 0 Å². The molecule has 3 atom stereocenters. The normalized spacial score (nSPS) is 34.3. The smallest absolute Gasteiger partial charge is 0.282 e. The first-order valence-electron chi connectivity index (χ1n) is 11.2. The maximum atomic E-state index is 13.2. The van der Waals surface area contributed by atoms with E-state index >= 15 is 0 Å². The maximum absolute atomic E-state index is 13.2. The molecule has 1 aliphatic carbocycles. The summed E-state index contributed by atoms with van der Waals surface area (Å²) in [4.78, 5) is 12.9. The van der Waals surface area contributed by atoms with E-state index < -0.39 is 16.0 Å². The molecule has 1 saturated carbocycles. The molecule has 8 nitrogen and oxygen atoms in total. The van der Waals surface area contributed by atoms with E-state index in [1.807, 2.05) is 0 Å². The zero-order valence-electron chi connectivity index (χ0n) is 17.5. The zero-order valence-corrected chi connectivity index (χ0v) is 18.3. The van der Waals surface area contributed by atoms with Gasteiger partial charge in [0.1, 0.15) is 0 Å². The van der Waals surface area contributed by atoms with Crippen molar-refractivity contribution in [2.24, 2.45) is 11.8 Å². The van der Waals surface area contributed by atoms with Crippen molar-refractivity contribution in [3.8, 4) is 0 Å². The van der Waals surface area contributed by atoms with E-state index in [2.05, 4.69) is 12.2 Å². The standard InChI is InChI=1S/C20H35N3O5S/c1-16-5-2-3-7-18(16)21-19(24)17-6-4-10-23(15-17)29(25,26)22-11-8-20(9-12-22)27-13-14-28-20/h16-18H,2-15H2,1H3,(H,21,24)/t16-,17-,18+/m1/s1. The molecule has 4 aliphatic rings. The van der Waals surface area contributed by atoms with Crippen LogP contribution in [-0.2, 0) is 24.5 Å². The van der Waals surface area contributed by atoms with Crippen molar-refractivity contribution in [2.75, 3.05) is 39.4 Å². The quantitative estimate of drug-likeness (QED) is 0.731. The Morgan fingerprint density at radius 3 is 2.34 bits per heavy atom. The highest BCUT2D eigenvalue weighted by Crippen LogP contribution is 2.33. The predicted molar refractivity (Wildman–Crippen MR) is 108 cm³/mol. The number of rotatable bonds is 4. The minimum absolute atomic E-state index is 0.0222. The van der Waals surface area contributed by atoms with Gasteiger partial charge in [0.2, 0.25) is 5.91 Å².